The molecule has 1 heterocycles. The summed E-state index contributed by atoms with van der Waals surface area (Å²) in [6.45, 7) is 8.51. The van der Waals surface area contributed by atoms with Crippen molar-refractivity contribution in [2.24, 2.45) is 0 Å². The molecule has 0 bridgehead atoms. The van der Waals surface area contributed by atoms with Crippen molar-refractivity contribution in [3.05, 3.63) is 24.4 Å². The molecular formula is C25H46N3. The zero-order valence-corrected chi connectivity index (χ0v) is 19.0. The third-order valence-corrected chi connectivity index (χ3v) is 5.43. The van der Waals surface area contributed by atoms with E-state index in [0.717, 1.165) is 49.6 Å². The number of aryl methyl sites for hydroxylation is 3. The first-order valence-electron chi connectivity index (χ1n) is 12.3. The molecule has 1 aromatic heterocycles. The monoisotopic (exact) mass is 388 g/mol. The van der Waals surface area contributed by atoms with E-state index in [-0.39, 0.29) is 0 Å². The SMILES string of the molecule is [CH2]CCCc1nc(CCCCCCCCC)nc(CCCCCCCCC)n1. The number of rotatable bonds is 19. The van der Waals surface area contributed by atoms with Crippen LogP contribution >= 0.6 is 0 Å². The molecule has 3 heteroatoms. The Morgan fingerprint density at radius 1 is 0.464 bits per heavy atom. The van der Waals surface area contributed by atoms with Gasteiger partial charge in [-0.05, 0) is 19.3 Å². The Hall–Kier alpha value is -0.990. The van der Waals surface area contributed by atoms with Crippen LogP contribution in [0.1, 0.15) is 134 Å². The maximum absolute atomic E-state index is 4.80. The van der Waals surface area contributed by atoms with Crippen LogP contribution in [0.4, 0.5) is 0 Å². The summed E-state index contributed by atoms with van der Waals surface area (Å²) in [5.41, 5.74) is 0. The minimum atomic E-state index is 0.944. The topological polar surface area (TPSA) is 38.7 Å². The number of nitrogens with zero attached hydrogens (tertiary/aromatic N) is 3. The summed E-state index contributed by atoms with van der Waals surface area (Å²) >= 11 is 0. The normalized spacial score (nSPS) is 11.2. The lowest BCUT2D eigenvalue weighted by Gasteiger charge is -2.08. The Morgan fingerprint density at radius 3 is 1.14 bits per heavy atom. The fourth-order valence-corrected chi connectivity index (χ4v) is 3.62. The van der Waals surface area contributed by atoms with Crippen LogP contribution in [0.25, 0.3) is 0 Å². The summed E-state index contributed by atoms with van der Waals surface area (Å²) in [6, 6.07) is 0. The lowest BCUT2D eigenvalue weighted by atomic mass is 10.1. The van der Waals surface area contributed by atoms with Gasteiger partial charge in [-0.2, -0.15) is 0 Å². The van der Waals surface area contributed by atoms with Gasteiger partial charge in [0.25, 0.3) is 0 Å². The highest BCUT2D eigenvalue weighted by Gasteiger charge is 2.07. The molecule has 0 saturated carbocycles. The average Bonchev–Trinajstić information content (AvgIpc) is 2.71. The lowest BCUT2D eigenvalue weighted by Crippen LogP contribution is -2.08. The molecule has 0 aliphatic heterocycles. The van der Waals surface area contributed by atoms with Crippen LogP contribution in [0.2, 0.25) is 0 Å². The van der Waals surface area contributed by atoms with E-state index < -0.39 is 0 Å². The first-order chi connectivity index (χ1) is 13.8. The quantitative estimate of drug-likeness (QED) is 0.229. The Kier molecular flexibility index (Phi) is 16.2. The van der Waals surface area contributed by atoms with E-state index in [0.29, 0.717) is 0 Å². The molecular weight excluding hydrogens is 342 g/mol. The van der Waals surface area contributed by atoms with Gasteiger partial charge in [0.15, 0.2) is 0 Å². The lowest BCUT2D eigenvalue weighted by molar-refractivity contribution is 0.572. The maximum Gasteiger partial charge on any atom is 0.132 e. The second-order valence-corrected chi connectivity index (χ2v) is 8.28. The number of hydrogen-bond donors (Lipinski definition) is 0. The third kappa shape index (κ3) is 13.2. The van der Waals surface area contributed by atoms with E-state index in [1.54, 1.807) is 0 Å². The molecule has 28 heavy (non-hydrogen) atoms. The summed E-state index contributed by atoms with van der Waals surface area (Å²) in [4.78, 5) is 14.3. The van der Waals surface area contributed by atoms with Gasteiger partial charge in [-0.1, -0.05) is 104 Å². The maximum atomic E-state index is 4.80. The highest BCUT2D eigenvalue weighted by atomic mass is 15.0. The largest absolute Gasteiger partial charge is 0.218 e. The summed E-state index contributed by atoms with van der Waals surface area (Å²) in [6.07, 6.45) is 23.7. The van der Waals surface area contributed by atoms with Crippen molar-refractivity contribution in [2.75, 3.05) is 0 Å². The number of aromatic nitrogens is 3. The molecule has 0 fully saturated rings. The zero-order valence-electron chi connectivity index (χ0n) is 19.0. The van der Waals surface area contributed by atoms with E-state index in [9.17, 15) is 0 Å². The Bertz CT molecular complexity index is 437. The molecule has 0 saturated heterocycles. The van der Waals surface area contributed by atoms with E-state index in [4.69, 9.17) is 15.0 Å². The van der Waals surface area contributed by atoms with Crippen molar-refractivity contribution < 1.29 is 0 Å². The molecule has 1 rings (SSSR count). The van der Waals surface area contributed by atoms with Crippen LogP contribution in [-0.2, 0) is 19.3 Å². The van der Waals surface area contributed by atoms with Gasteiger partial charge in [0, 0.05) is 19.3 Å². The van der Waals surface area contributed by atoms with Gasteiger partial charge in [0.2, 0.25) is 0 Å². The molecule has 0 N–H and O–H groups in total. The van der Waals surface area contributed by atoms with Crippen molar-refractivity contribution in [2.45, 2.75) is 136 Å². The Morgan fingerprint density at radius 2 is 0.786 bits per heavy atom. The fraction of sp³-hybridized carbons (Fsp3) is 0.840. The Labute approximate surface area is 175 Å². The minimum Gasteiger partial charge on any atom is -0.218 e. The van der Waals surface area contributed by atoms with Gasteiger partial charge in [-0.15, -0.1) is 0 Å². The molecule has 0 atom stereocenters. The first-order valence-corrected chi connectivity index (χ1v) is 12.3. The van der Waals surface area contributed by atoms with E-state index >= 15 is 0 Å². The number of unbranched alkanes of at least 4 members (excludes halogenated alkanes) is 13. The molecule has 0 aliphatic carbocycles. The number of hydrogen-bond acceptors (Lipinski definition) is 3. The summed E-state index contributed by atoms with van der Waals surface area (Å²) in [5, 5.41) is 0. The fourth-order valence-electron chi connectivity index (χ4n) is 3.62. The van der Waals surface area contributed by atoms with Crippen LogP contribution in [0, 0.1) is 6.92 Å². The smallest absolute Gasteiger partial charge is 0.132 e. The van der Waals surface area contributed by atoms with E-state index in [1.165, 1.54) is 89.9 Å². The molecule has 1 aromatic rings. The first kappa shape index (κ1) is 25.0. The summed E-state index contributed by atoms with van der Waals surface area (Å²) in [7, 11) is 0. The molecule has 3 nitrogen and oxygen atoms in total. The van der Waals surface area contributed by atoms with Crippen LogP contribution in [-0.4, -0.2) is 15.0 Å². The van der Waals surface area contributed by atoms with E-state index in [1.807, 2.05) is 0 Å². The van der Waals surface area contributed by atoms with Crippen molar-refractivity contribution >= 4 is 0 Å². The third-order valence-electron chi connectivity index (χ3n) is 5.43. The van der Waals surface area contributed by atoms with Crippen molar-refractivity contribution in [3.63, 3.8) is 0 Å². The van der Waals surface area contributed by atoms with Crippen LogP contribution in [0.15, 0.2) is 0 Å². The van der Waals surface area contributed by atoms with Crippen LogP contribution in [0.5, 0.6) is 0 Å². The minimum absolute atomic E-state index is 0.944. The van der Waals surface area contributed by atoms with Gasteiger partial charge >= 0.3 is 0 Å². The standard InChI is InChI=1S/C25H46N3/c1-4-7-10-12-14-16-18-21-24-26-23(20-9-6-3)27-25(28-24)22-19-17-15-13-11-8-5-2/h3-22H2,1-2H3. The van der Waals surface area contributed by atoms with Crippen LogP contribution < -0.4 is 0 Å². The zero-order chi connectivity index (χ0) is 20.3. The molecule has 0 aromatic carbocycles. The molecule has 0 unspecified atom stereocenters. The Balaban J connectivity index is 2.39. The highest BCUT2D eigenvalue weighted by molar-refractivity contribution is 4.99. The summed E-state index contributed by atoms with van der Waals surface area (Å²) in [5.74, 6) is 3.05. The molecule has 0 spiro atoms. The average molecular weight is 389 g/mol. The molecule has 0 amide bonds. The predicted molar refractivity (Wildman–Crippen MR) is 122 cm³/mol. The van der Waals surface area contributed by atoms with Gasteiger partial charge in [0.05, 0.1) is 0 Å². The van der Waals surface area contributed by atoms with Gasteiger partial charge < -0.3 is 0 Å². The van der Waals surface area contributed by atoms with Crippen molar-refractivity contribution in [3.8, 4) is 0 Å². The second kappa shape index (κ2) is 18.1. The second-order valence-electron chi connectivity index (χ2n) is 8.28. The van der Waals surface area contributed by atoms with Crippen molar-refractivity contribution in [1.29, 1.82) is 0 Å². The van der Waals surface area contributed by atoms with E-state index in [2.05, 4.69) is 20.8 Å². The van der Waals surface area contributed by atoms with Gasteiger partial charge in [0.1, 0.15) is 17.5 Å². The molecule has 1 radical (unpaired) electrons. The highest BCUT2D eigenvalue weighted by Crippen LogP contribution is 2.12. The molecule has 0 aliphatic rings. The van der Waals surface area contributed by atoms with Gasteiger partial charge in [-0.25, -0.2) is 15.0 Å². The van der Waals surface area contributed by atoms with Crippen LogP contribution in [0.3, 0.4) is 0 Å². The van der Waals surface area contributed by atoms with Crippen molar-refractivity contribution in [1.82, 2.24) is 15.0 Å². The predicted octanol–water partition coefficient (Wildman–Crippen LogP) is 7.61. The summed E-state index contributed by atoms with van der Waals surface area (Å²) < 4.78 is 0. The van der Waals surface area contributed by atoms with Gasteiger partial charge in [-0.3, -0.25) is 0 Å². The molecule has 161 valence electrons.